The highest BCUT2D eigenvalue weighted by molar-refractivity contribution is 4.92. The van der Waals surface area contributed by atoms with Crippen molar-refractivity contribution in [2.24, 2.45) is 0 Å². The molecular formula is C10H20N4O2. The molecule has 3 N–H and O–H groups in total. The van der Waals surface area contributed by atoms with Gasteiger partial charge in [-0.1, -0.05) is 12.1 Å². The van der Waals surface area contributed by atoms with E-state index in [0.717, 1.165) is 5.69 Å². The first-order valence-corrected chi connectivity index (χ1v) is 5.50. The maximum Gasteiger partial charge on any atom is 0.0964 e. The van der Waals surface area contributed by atoms with Gasteiger partial charge in [-0.25, -0.2) is 4.68 Å². The van der Waals surface area contributed by atoms with Gasteiger partial charge in [0.05, 0.1) is 24.4 Å². The molecular weight excluding hydrogens is 208 g/mol. The average molecular weight is 228 g/mol. The van der Waals surface area contributed by atoms with Crippen LogP contribution in [0.2, 0.25) is 0 Å². The van der Waals surface area contributed by atoms with E-state index in [-0.39, 0.29) is 6.61 Å². The first-order valence-electron chi connectivity index (χ1n) is 5.50. The van der Waals surface area contributed by atoms with Crippen molar-refractivity contribution in [1.82, 2.24) is 20.3 Å². The van der Waals surface area contributed by atoms with Crippen molar-refractivity contribution < 1.29 is 10.2 Å². The summed E-state index contributed by atoms with van der Waals surface area (Å²) < 4.78 is 1.59. The van der Waals surface area contributed by atoms with Crippen LogP contribution >= 0.6 is 0 Å². The summed E-state index contributed by atoms with van der Waals surface area (Å²) in [4.78, 5) is 0. The van der Waals surface area contributed by atoms with Crippen molar-refractivity contribution in [2.75, 3.05) is 13.2 Å². The van der Waals surface area contributed by atoms with Gasteiger partial charge in [0.25, 0.3) is 0 Å². The molecule has 0 aliphatic carbocycles. The summed E-state index contributed by atoms with van der Waals surface area (Å²) >= 11 is 0. The van der Waals surface area contributed by atoms with Gasteiger partial charge in [-0.2, -0.15) is 0 Å². The first-order chi connectivity index (χ1) is 7.57. The molecule has 0 saturated heterocycles. The Morgan fingerprint density at radius 3 is 2.94 bits per heavy atom. The minimum absolute atomic E-state index is 0.0563. The van der Waals surface area contributed by atoms with E-state index >= 15 is 0 Å². The monoisotopic (exact) mass is 228 g/mol. The molecule has 1 aromatic heterocycles. The number of aromatic nitrogens is 3. The number of nitrogens with zero attached hydrogens (tertiary/aromatic N) is 3. The highest BCUT2D eigenvalue weighted by Crippen LogP contribution is 2.06. The lowest BCUT2D eigenvalue weighted by Gasteiger charge is -2.21. The van der Waals surface area contributed by atoms with E-state index in [4.69, 9.17) is 5.11 Å². The van der Waals surface area contributed by atoms with Crippen molar-refractivity contribution in [1.29, 1.82) is 0 Å². The lowest BCUT2D eigenvalue weighted by molar-refractivity contribution is 0.0555. The predicted octanol–water partition coefficient (Wildman–Crippen LogP) is -0.479. The summed E-state index contributed by atoms with van der Waals surface area (Å²) in [5, 5.41) is 29.4. The Kier molecular flexibility index (Phi) is 4.85. The summed E-state index contributed by atoms with van der Waals surface area (Å²) in [6.07, 6.45) is 2.49. The Morgan fingerprint density at radius 2 is 2.31 bits per heavy atom. The average Bonchev–Trinajstić information content (AvgIpc) is 2.66. The molecule has 0 aliphatic rings. The Bertz CT molecular complexity index is 312. The molecule has 1 atom stereocenters. The van der Waals surface area contributed by atoms with Gasteiger partial charge < -0.3 is 15.5 Å². The number of aliphatic hydroxyl groups is 2. The molecule has 0 radical (unpaired) electrons. The van der Waals surface area contributed by atoms with Crippen LogP contribution in [-0.4, -0.2) is 44.0 Å². The van der Waals surface area contributed by atoms with E-state index in [1.807, 2.05) is 6.92 Å². The highest BCUT2D eigenvalue weighted by Gasteiger charge is 2.16. The molecule has 0 bridgehead atoms. The minimum Gasteiger partial charge on any atom is -0.394 e. The summed E-state index contributed by atoms with van der Waals surface area (Å²) in [6.45, 7) is 5.35. The quantitative estimate of drug-likeness (QED) is 0.587. The van der Waals surface area contributed by atoms with Gasteiger partial charge in [-0.15, -0.1) is 5.10 Å². The van der Waals surface area contributed by atoms with Gasteiger partial charge >= 0.3 is 0 Å². The highest BCUT2D eigenvalue weighted by atomic mass is 16.3. The fourth-order valence-electron chi connectivity index (χ4n) is 1.22. The molecule has 0 spiro atoms. The Hall–Kier alpha value is -0.980. The third-order valence-corrected chi connectivity index (χ3v) is 2.49. The van der Waals surface area contributed by atoms with E-state index in [0.29, 0.717) is 26.1 Å². The third-order valence-electron chi connectivity index (χ3n) is 2.49. The normalized spacial score (nSPS) is 15.0. The van der Waals surface area contributed by atoms with Gasteiger partial charge in [0.15, 0.2) is 0 Å². The van der Waals surface area contributed by atoms with Gasteiger partial charge in [-0.3, -0.25) is 0 Å². The van der Waals surface area contributed by atoms with E-state index in [9.17, 15) is 5.11 Å². The van der Waals surface area contributed by atoms with E-state index < -0.39 is 5.60 Å². The molecule has 6 heteroatoms. The van der Waals surface area contributed by atoms with Crippen LogP contribution in [0.25, 0.3) is 0 Å². The van der Waals surface area contributed by atoms with E-state index in [1.165, 1.54) is 0 Å². The SMILES string of the molecule is CCC(C)(O)CNCc1cn(CCO)nn1. The van der Waals surface area contributed by atoms with Crippen molar-refractivity contribution in [3.8, 4) is 0 Å². The van der Waals surface area contributed by atoms with Crippen molar-refractivity contribution in [3.63, 3.8) is 0 Å². The first kappa shape index (κ1) is 13.1. The van der Waals surface area contributed by atoms with Gasteiger partial charge in [0, 0.05) is 19.3 Å². The lowest BCUT2D eigenvalue weighted by atomic mass is 10.0. The number of aliphatic hydroxyl groups excluding tert-OH is 1. The van der Waals surface area contributed by atoms with Crippen molar-refractivity contribution in [3.05, 3.63) is 11.9 Å². The predicted molar refractivity (Wildman–Crippen MR) is 59.7 cm³/mol. The molecule has 0 saturated carbocycles. The molecule has 6 nitrogen and oxygen atoms in total. The maximum atomic E-state index is 9.75. The smallest absolute Gasteiger partial charge is 0.0964 e. The second-order valence-electron chi connectivity index (χ2n) is 4.15. The number of hydrogen-bond acceptors (Lipinski definition) is 5. The lowest BCUT2D eigenvalue weighted by Crippen LogP contribution is -2.36. The largest absolute Gasteiger partial charge is 0.394 e. The molecule has 16 heavy (non-hydrogen) atoms. The second-order valence-corrected chi connectivity index (χ2v) is 4.15. The van der Waals surface area contributed by atoms with Gasteiger partial charge in [0.1, 0.15) is 0 Å². The molecule has 1 rings (SSSR count). The zero-order valence-corrected chi connectivity index (χ0v) is 9.85. The summed E-state index contributed by atoms with van der Waals surface area (Å²) in [5.41, 5.74) is 0.126. The van der Waals surface area contributed by atoms with Crippen LogP contribution < -0.4 is 5.32 Å². The second kappa shape index (κ2) is 5.93. The maximum absolute atomic E-state index is 9.75. The van der Waals surface area contributed by atoms with Crippen LogP contribution in [0.4, 0.5) is 0 Å². The van der Waals surface area contributed by atoms with E-state index in [2.05, 4.69) is 15.6 Å². The van der Waals surface area contributed by atoms with Crippen LogP contribution in [0.3, 0.4) is 0 Å². The summed E-state index contributed by atoms with van der Waals surface area (Å²) in [6, 6.07) is 0. The molecule has 0 amide bonds. The zero-order chi connectivity index (χ0) is 12.0. The standard InChI is InChI=1S/C10H20N4O2/c1-3-10(2,16)8-11-6-9-7-14(4-5-15)13-12-9/h7,11,15-16H,3-6,8H2,1-2H3. The van der Waals surface area contributed by atoms with Gasteiger partial charge in [0.2, 0.25) is 0 Å². The number of rotatable bonds is 7. The fraction of sp³-hybridized carbons (Fsp3) is 0.800. The Morgan fingerprint density at radius 1 is 1.56 bits per heavy atom. The van der Waals surface area contributed by atoms with Gasteiger partial charge in [-0.05, 0) is 13.3 Å². The molecule has 1 heterocycles. The van der Waals surface area contributed by atoms with Crippen LogP contribution in [0.1, 0.15) is 26.0 Å². The molecule has 1 aromatic rings. The third kappa shape index (κ3) is 4.26. The minimum atomic E-state index is -0.679. The number of hydrogen-bond donors (Lipinski definition) is 3. The zero-order valence-electron chi connectivity index (χ0n) is 9.85. The summed E-state index contributed by atoms with van der Waals surface area (Å²) in [7, 11) is 0. The van der Waals surface area contributed by atoms with Crippen molar-refractivity contribution in [2.45, 2.75) is 39.0 Å². The molecule has 0 fully saturated rings. The van der Waals surface area contributed by atoms with Crippen LogP contribution in [0.15, 0.2) is 6.20 Å². The van der Waals surface area contributed by atoms with Crippen LogP contribution in [-0.2, 0) is 13.1 Å². The van der Waals surface area contributed by atoms with E-state index in [1.54, 1.807) is 17.8 Å². The Balaban J connectivity index is 2.31. The number of nitrogens with one attached hydrogen (secondary N) is 1. The van der Waals surface area contributed by atoms with Crippen molar-refractivity contribution >= 4 is 0 Å². The molecule has 92 valence electrons. The topological polar surface area (TPSA) is 83.2 Å². The fourth-order valence-corrected chi connectivity index (χ4v) is 1.22. The van der Waals surface area contributed by atoms with Crippen LogP contribution in [0, 0.1) is 0 Å². The summed E-state index contributed by atoms with van der Waals surface area (Å²) in [5.74, 6) is 0. The van der Waals surface area contributed by atoms with Crippen LogP contribution in [0.5, 0.6) is 0 Å². The Labute approximate surface area is 95.3 Å². The molecule has 1 unspecified atom stereocenters. The molecule has 0 aromatic carbocycles. The molecule has 0 aliphatic heterocycles.